The average Bonchev–Trinajstić information content (AvgIpc) is 2.05. The van der Waals surface area contributed by atoms with Gasteiger partial charge in [0.25, 0.3) is 0 Å². The molecule has 0 spiro atoms. The maximum atomic E-state index is 5.13. The Bertz CT molecular complexity index is 261. The fourth-order valence-corrected chi connectivity index (χ4v) is 0.974. The second kappa shape index (κ2) is 3.97. The van der Waals surface area contributed by atoms with Gasteiger partial charge in [0.15, 0.2) is 11.5 Å². The zero-order chi connectivity index (χ0) is 8.97. The van der Waals surface area contributed by atoms with Gasteiger partial charge < -0.3 is 9.57 Å². The van der Waals surface area contributed by atoms with Crippen LogP contribution in [0.5, 0.6) is 11.5 Å². The Morgan fingerprint density at radius 1 is 1.25 bits per heavy atom. The van der Waals surface area contributed by atoms with Crippen LogP contribution in [0.2, 0.25) is 0 Å². The van der Waals surface area contributed by atoms with Crippen molar-refractivity contribution in [2.24, 2.45) is 0 Å². The molecule has 0 saturated heterocycles. The summed E-state index contributed by atoms with van der Waals surface area (Å²) < 4.78 is 5.09. The van der Waals surface area contributed by atoms with Crippen molar-refractivity contribution in [2.45, 2.75) is 6.92 Å². The molecule has 0 amide bonds. The second-order valence-electron chi connectivity index (χ2n) is 2.46. The lowest BCUT2D eigenvalue weighted by Crippen LogP contribution is -2.11. The predicted octanol–water partition coefficient (Wildman–Crippen LogP) is 1.52. The average molecular weight is 167 g/mol. The van der Waals surface area contributed by atoms with Crippen molar-refractivity contribution in [3.05, 3.63) is 23.8 Å². The monoisotopic (exact) mass is 167 g/mol. The van der Waals surface area contributed by atoms with Gasteiger partial charge in [-0.1, -0.05) is 6.07 Å². The van der Waals surface area contributed by atoms with Crippen LogP contribution in [-0.2, 0) is 0 Å². The summed E-state index contributed by atoms with van der Waals surface area (Å²) in [5.74, 6) is 1.44. The minimum absolute atomic E-state index is 0.708. The van der Waals surface area contributed by atoms with Crippen molar-refractivity contribution >= 4 is 0 Å². The number of aryl methyl sites for hydroxylation is 1. The summed E-state index contributed by atoms with van der Waals surface area (Å²) in [5.41, 5.74) is 3.75. The first-order chi connectivity index (χ1) is 5.77. The van der Waals surface area contributed by atoms with Gasteiger partial charge in [-0.2, -0.15) is 5.48 Å². The molecule has 0 heterocycles. The number of hydrogen-bond acceptors (Lipinski definition) is 3. The third kappa shape index (κ3) is 1.89. The number of hydrogen-bond donors (Lipinski definition) is 1. The van der Waals surface area contributed by atoms with Gasteiger partial charge in [0, 0.05) is 7.05 Å². The maximum Gasteiger partial charge on any atom is 0.189 e. The molecule has 0 aliphatic rings. The number of benzene rings is 1. The molecule has 0 aliphatic carbocycles. The molecule has 12 heavy (non-hydrogen) atoms. The van der Waals surface area contributed by atoms with Gasteiger partial charge in [-0.25, -0.2) is 0 Å². The van der Waals surface area contributed by atoms with E-state index in [4.69, 9.17) is 9.57 Å². The lowest BCUT2D eigenvalue weighted by molar-refractivity contribution is 0.212. The first-order valence-electron chi connectivity index (χ1n) is 3.76. The van der Waals surface area contributed by atoms with Crippen LogP contribution in [-0.4, -0.2) is 14.2 Å². The van der Waals surface area contributed by atoms with E-state index < -0.39 is 0 Å². The molecule has 66 valence electrons. The van der Waals surface area contributed by atoms with E-state index in [2.05, 4.69) is 5.48 Å². The third-order valence-corrected chi connectivity index (χ3v) is 1.53. The van der Waals surface area contributed by atoms with E-state index in [9.17, 15) is 0 Å². The Balaban J connectivity index is 2.95. The molecule has 0 saturated carbocycles. The van der Waals surface area contributed by atoms with Crippen molar-refractivity contribution < 1.29 is 9.57 Å². The maximum absolute atomic E-state index is 5.13. The van der Waals surface area contributed by atoms with E-state index >= 15 is 0 Å². The highest BCUT2D eigenvalue weighted by Gasteiger charge is 2.02. The Labute approximate surface area is 72.3 Å². The minimum Gasteiger partial charge on any atom is -0.493 e. The SMILES string of the molecule is CNOc1cc(C)ccc1OC. The molecule has 0 aliphatic heterocycles. The largest absolute Gasteiger partial charge is 0.493 e. The van der Waals surface area contributed by atoms with Gasteiger partial charge in [-0.15, -0.1) is 0 Å². The van der Waals surface area contributed by atoms with Crippen LogP contribution in [0.3, 0.4) is 0 Å². The smallest absolute Gasteiger partial charge is 0.189 e. The highest BCUT2D eigenvalue weighted by molar-refractivity contribution is 5.42. The number of methoxy groups -OCH3 is 1. The van der Waals surface area contributed by atoms with Crippen LogP contribution in [0.1, 0.15) is 5.56 Å². The lowest BCUT2D eigenvalue weighted by atomic mass is 10.2. The molecule has 1 N–H and O–H groups in total. The van der Waals surface area contributed by atoms with Crippen molar-refractivity contribution in [3.8, 4) is 11.5 Å². The van der Waals surface area contributed by atoms with Crippen LogP contribution >= 0.6 is 0 Å². The van der Waals surface area contributed by atoms with Crippen LogP contribution in [0.25, 0.3) is 0 Å². The summed E-state index contributed by atoms with van der Waals surface area (Å²) in [4.78, 5) is 5.13. The number of ether oxygens (including phenoxy) is 1. The fraction of sp³-hybridized carbons (Fsp3) is 0.333. The van der Waals surface area contributed by atoms with Crippen LogP contribution in [0.4, 0.5) is 0 Å². The Hall–Kier alpha value is -1.22. The minimum atomic E-state index is 0.708. The number of rotatable bonds is 3. The Morgan fingerprint density at radius 2 is 2.00 bits per heavy atom. The lowest BCUT2D eigenvalue weighted by Gasteiger charge is -2.08. The van der Waals surface area contributed by atoms with Gasteiger partial charge in [-0.3, -0.25) is 0 Å². The van der Waals surface area contributed by atoms with Gasteiger partial charge in [0.1, 0.15) is 0 Å². The summed E-state index contributed by atoms with van der Waals surface area (Å²) in [5, 5.41) is 0. The Morgan fingerprint density at radius 3 is 2.58 bits per heavy atom. The molecule has 0 fully saturated rings. The quantitative estimate of drug-likeness (QED) is 0.692. The normalized spacial score (nSPS) is 9.58. The summed E-state index contributed by atoms with van der Waals surface area (Å²) in [6.07, 6.45) is 0. The van der Waals surface area contributed by atoms with Gasteiger partial charge in [0.05, 0.1) is 7.11 Å². The van der Waals surface area contributed by atoms with Gasteiger partial charge in [-0.05, 0) is 24.6 Å². The van der Waals surface area contributed by atoms with Crippen molar-refractivity contribution in [1.29, 1.82) is 0 Å². The highest BCUT2D eigenvalue weighted by atomic mass is 16.7. The van der Waals surface area contributed by atoms with Crippen LogP contribution in [0.15, 0.2) is 18.2 Å². The molecule has 1 aromatic rings. The van der Waals surface area contributed by atoms with Crippen molar-refractivity contribution in [3.63, 3.8) is 0 Å². The zero-order valence-electron chi connectivity index (χ0n) is 7.55. The van der Waals surface area contributed by atoms with E-state index in [0.717, 1.165) is 11.3 Å². The number of hydroxylamine groups is 1. The number of nitrogens with one attached hydrogen (secondary N) is 1. The van der Waals surface area contributed by atoms with E-state index in [-0.39, 0.29) is 0 Å². The fourth-order valence-electron chi connectivity index (χ4n) is 0.974. The van der Waals surface area contributed by atoms with E-state index in [1.54, 1.807) is 14.2 Å². The molecule has 0 bridgehead atoms. The first-order valence-corrected chi connectivity index (χ1v) is 3.76. The van der Waals surface area contributed by atoms with Crippen LogP contribution in [0, 0.1) is 6.92 Å². The molecule has 0 atom stereocenters. The summed E-state index contributed by atoms with van der Waals surface area (Å²) in [7, 11) is 3.33. The third-order valence-electron chi connectivity index (χ3n) is 1.53. The van der Waals surface area contributed by atoms with Gasteiger partial charge >= 0.3 is 0 Å². The zero-order valence-corrected chi connectivity index (χ0v) is 7.55. The molecule has 3 heteroatoms. The van der Waals surface area contributed by atoms with Crippen LogP contribution < -0.4 is 15.1 Å². The van der Waals surface area contributed by atoms with E-state index in [1.807, 2.05) is 25.1 Å². The predicted molar refractivity (Wildman–Crippen MR) is 47.4 cm³/mol. The topological polar surface area (TPSA) is 30.5 Å². The molecule has 1 aromatic carbocycles. The molecule has 1 rings (SSSR count). The summed E-state index contributed by atoms with van der Waals surface area (Å²) in [6.45, 7) is 2.00. The molecule has 3 nitrogen and oxygen atoms in total. The Kier molecular flexibility index (Phi) is 2.94. The summed E-state index contributed by atoms with van der Waals surface area (Å²) in [6, 6.07) is 5.76. The molecule has 0 radical (unpaired) electrons. The second-order valence-corrected chi connectivity index (χ2v) is 2.46. The molecule has 0 unspecified atom stereocenters. The van der Waals surface area contributed by atoms with E-state index in [1.165, 1.54) is 0 Å². The molecular formula is C9H13NO2. The summed E-state index contributed by atoms with van der Waals surface area (Å²) >= 11 is 0. The highest BCUT2D eigenvalue weighted by Crippen LogP contribution is 2.26. The standard InChI is InChI=1S/C9H13NO2/c1-7-4-5-8(11-3)9(6-7)12-10-2/h4-6,10H,1-3H3. The van der Waals surface area contributed by atoms with E-state index in [0.29, 0.717) is 5.75 Å². The van der Waals surface area contributed by atoms with Gasteiger partial charge in [0.2, 0.25) is 0 Å². The first kappa shape index (κ1) is 8.87. The molecule has 0 aromatic heterocycles. The van der Waals surface area contributed by atoms with Crippen molar-refractivity contribution in [1.82, 2.24) is 5.48 Å². The molecular weight excluding hydrogens is 154 g/mol. The van der Waals surface area contributed by atoms with Crippen molar-refractivity contribution in [2.75, 3.05) is 14.2 Å².